The Balaban J connectivity index is 2.13. The van der Waals surface area contributed by atoms with Crippen molar-refractivity contribution in [1.29, 1.82) is 0 Å². The molecule has 0 radical (unpaired) electrons. The number of hydrogen-bond acceptors (Lipinski definition) is 1. The van der Waals surface area contributed by atoms with Crippen LogP contribution in [0.1, 0.15) is 24.0 Å². The van der Waals surface area contributed by atoms with Gasteiger partial charge in [-0.25, -0.2) is 0 Å². The molecule has 0 fully saturated rings. The zero-order valence-corrected chi connectivity index (χ0v) is 12.8. The molecule has 1 heteroatoms. The van der Waals surface area contributed by atoms with Crippen molar-refractivity contribution in [3.05, 3.63) is 102 Å². The molecular formula is C21H20O. The van der Waals surface area contributed by atoms with Crippen LogP contribution in [0.4, 0.5) is 0 Å². The minimum Gasteiger partial charge on any atom is -0.497 e. The third-order valence-electron chi connectivity index (χ3n) is 3.77. The SMILES string of the molecule is CCOC1=C(c2ccccc2)C=CC=CC1c1ccccc1. The van der Waals surface area contributed by atoms with Crippen LogP contribution in [-0.4, -0.2) is 6.61 Å². The number of rotatable bonds is 4. The average Bonchev–Trinajstić information content (AvgIpc) is 2.79. The first-order valence-corrected chi connectivity index (χ1v) is 7.72. The molecule has 0 aliphatic heterocycles. The van der Waals surface area contributed by atoms with Crippen molar-refractivity contribution in [2.45, 2.75) is 12.8 Å². The molecule has 110 valence electrons. The Morgan fingerprint density at radius 3 is 2.23 bits per heavy atom. The number of benzene rings is 2. The summed E-state index contributed by atoms with van der Waals surface area (Å²) >= 11 is 0. The lowest BCUT2D eigenvalue weighted by Crippen LogP contribution is -2.06. The molecule has 2 aromatic carbocycles. The summed E-state index contributed by atoms with van der Waals surface area (Å²) in [4.78, 5) is 0. The molecule has 1 nitrogen and oxygen atoms in total. The monoisotopic (exact) mass is 288 g/mol. The Labute approximate surface area is 132 Å². The highest BCUT2D eigenvalue weighted by atomic mass is 16.5. The lowest BCUT2D eigenvalue weighted by atomic mass is 9.92. The second-order valence-corrected chi connectivity index (χ2v) is 5.21. The van der Waals surface area contributed by atoms with Crippen LogP contribution in [0.5, 0.6) is 0 Å². The van der Waals surface area contributed by atoms with Crippen molar-refractivity contribution < 1.29 is 4.74 Å². The van der Waals surface area contributed by atoms with Gasteiger partial charge in [-0.05, 0) is 18.1 Å². The maximum atomic E-state index is 6.07. The van der Waals surface area contributed by atoms with Gasteiger partial charge in [0.05, 0.1) is 12.5 Å². The molecule has 0 bridgehead atoms. The molecule has 22 heavy (non-hydrogen) atoms. The van der Waals surface area contributed by atoms with Crippen molar-refractivity contribution in [3.8, 4) is 0 Å². The van der Waals surface area contributed by atoms with E-state index in [2.05, 4.69) is 72.8 Å². The third kappa shape index (κ3) is 3.04. The zero-order chi connectivity index (χ0) is 15.2. The van der Waals surface area contributed by atoms with Gasteiger partial charge in [0.1, 0.15) is 5.76 Å². The lowest BCUT2D eigenvalue weighted by molar-refractivity contribution is 0.218. The first-order valence-electron chi connectivity index (χ1n) is 7.72. The summed E-state index contributed by atoms with van der Waals surface area (Å²) in [5, 5.41) is 0. The smallest absolute Gasteiger partial charge is 0.115 e. The molecule has 0 N–H and O–H groups in total. The van der Waals surface area contributed by atoms with Crippen LogP contribution in [0.25, 0.3) is 5.57 Å². The quantitative estimate of drug-likeness (QED) is 0.737. The fraction of sp³-hybridized carbons (Fsp3) is 0.143. The van der Waals surface area contributed by atoms with Gasteiger partial charge in [-0.15, -0.1) is 0 Å². The summed E-state index contributed by atoms with van der Waals surface area (Å²) in [6.07, 6.45) is 8.53. The highest BCUT2D eigenvalue weighted by Gasteiger charge is 2.20. The summed E-state index contributed by atoms with van der Waals surface area (Å²) in [6, 6.07) is 20.9. The lowest BCUT2D eigenvalue weighted by Gasteiger charge is -2.20. The second-order valence-electron chi connectivity index (χ2n) is 5.21. The average molecular weight is 288 g/mol. The maximum absolute atomic E-state index is 6.07. The largest absolute Gasteiger partial charge is 0.497 e. The first kappa shape index (κ1) is 14.4. The molecular weight excluding hydrogens is 268 g/mol. The third-order valence-corrected chi connectivity index (χ3v) is 3.77. The number of ether oxygens (including phenoxy) is 1. The summed E-state index contributed by atoms with van der Waals surface area (Å²) in [5.41, 5.74) is 3.59. The zero-order valence-electron chi connectivity index (χ0n) is 12.8. The minimum atomic E-state index is 0.145. The van der Waals surface area contributed by atoms with E-state index in [1.807, 2.05) is 19.1 Å². The molecule has 0 aromatic heterocycles. The second kappa shape index (κ2) is 6.95. The van der Waals surface area contributed by atoms with Crippen molar-refractivity contribution in [2.75, 3.05) is 6.61 Å². The maximum Gasteiger partial charge on any atom is 0.115 e. The van der Waals surface area contributed by atoms with Gasteiger partial charge in [0, 0.05) is 5.57 Å². The normalized spacial score (nSPS) is 17.4. The van der Waals surface area contributed by atoms with Gasteiger partial charge in [0.2, 0.25) is 0 Å². The van der Waals surface area contributed by atoms with Crippen LogP contribution in [0, 0.1) is 0 Å². The molecule has 3 rings (SSSR count). The van der Waals surface area contributed by atoms with Gasteiger partial charge in [-0.2, -0.15) is 0 Å². The molecule has 0 saturated heterocycles. The standard InChI is InChI=1S/C21H20O/c1-2-22-21-19(17-11-5-3-6-12-17)15-9-10-16-20(21)18-13-7-4-8-14-18/h3-16,19H,2H2,1H3. The minimum absolute atomic E-state index is 0.145. The highest BCUT2D eigenvalue weighted by Crippen LogP contribution is 2.35. The van der Waals surface area contributed by atoms with E-state index < -0.39 is 0 Å². The van der Waals surface area contributed by atoms with Gasteiger partial charge in [0.25, 0.3) is 0 Å². The van der Waals surface area contributed by atoms with Crippen molar-refractivity contribution in [3.63, 3.8) is 0 Å². The molecule has 2 aromatic rings. The van der Waals surface area contributed by atoms with E-state index in [0.29, 0.717) is 6.61 Å². The molecule has 0 saturated carbocycles. The van der Waals surface area contributed by atoms with Gasteiger partial charge >= 0.3 is 0 Å². The predicted octanol–water partition coefficient (Wildman–Crippen LogP) is 5.34. The Hall–Kier alpha value is -2.54. The van der Waals surface area contributed by atoms with Crippen LogP contribution in [-0.2, 0) is 4.74 Å². The Morgan fingerprint density at radius 2 is 1.55 bits per heavy atom. The summed E-state index contributed by atoms with van der Waals surface area (Å²) in [7, 11) is 0. The fourth-order valence-electron chi connectivity index (χ4n) is 2.77. The van der Waals surface area contributed by atoms with Crippen LogP contribution in [0.15, 0.2) is 90.7 Å². The summed E-state index contributed by atoms with van der Waals surface area (Å²) < 4.78 is 6.07. The Bertz CT molecular complexity index is 693. The summed E-state index contributed by atoms with van der Waals surface area (Å²) in [5.74, 6) is 1.16. The van der Waals surface area contributed by atoms with Crippen molar-refractivity contribution >= 4 is 5.57 Å². The molecule has 1 unspecified atom stereocenters. The van der Waals surface area contributed by atoms with E-state index in [1.54, 1.807) is 0 Å². The van der Waals surface area contributed by atoms with E-state index in [-0.39, 0.29) is 5.92 Å². The molecule has 0 amide bonds. The fourth-order valence-corrected chi connectivity index (χ4v) is 2.77. The van der Waals surface area contributed by atoms with Crippen LogP contribution in [0.2, 0.25) is 0 Å². The molecule has 1 atom stereocenters. The van der Waals surface area contributed by atoms with E-state index >= 15 is 0 Å². The molecule has 1 aliphatic carbocycles. The summed E-state index contributed by atoms with van der Waals surface area (Å²) in [6.45, 7) is 2.70. The van der Waals surface area contributed by atoms with E-state index in [9.17, 15) is 0 Å². The number of hydrogen-bond donors (Lipinski definition) is 0. The first-order chi connectivity index (χ1) is 10.9. The van der Waals surface area contributed by atoms with Gasteiger partial charge in [0.15, 0.2) is 0 Å². The Morgan fingerprint density at radius 1 is 0.864 bits per heavy atom. The van der Waals surface area contributed by atoms with E-state index in [0.717, 1.165) is 11.3 Å². The van der Waals surface area contributed by atoms with Crippen LogP contribution >= 0.6 is 0 Å². The van der Waals surface area contributed by atoms with Crippen LogP contribution in [0.3, 0.4) is 0 Å². The molecule has 0 spiro atoms. The van der Waals surface area contributed by atoms with Gasteiger partial charge < -0.3 is 4.74 Å². The van der Waals surface area contributed by atoms with E-state index in [1.165, 1.54) is 11.1 Å². The molecule has 0 heterocycles. The highest BCUT2D eigenvalue weighted by molar-refractivity contribution is 5.78. The van der Waals surface area contributed by atoms with Crippen LogP contribution < -0.4 is 0 Å². The van der Waals surface area contributed by atoms with Gasteiger partial charge in [-0.1, -0.05) is 85.0 Å². The molecule has 1 aliphatic rings. The predicted molar refractivity (Wildman–Crippen MR) is 92.5 cm³/mol. The topological polar surface area (TPSA) is 9.23 Å². The van der Waals surface area contributed by atoms with Gasteiger partial charge in [-0.3, -0.25) is 0 Å². The number of allylic oxidation sites excluding steroid dienone is 5. The van der Waals surface area contributed by atoms with Crippen molar-refractivity contribution in [2.24, 2.45) is 0 Å². The van der Waals surface area contributed by atoms with Crippen molar-refractivity contribution in [1.82, 2.24) is 0 Å². The Kier molecular flexibility index (Phi) is 4.55. The van der Waals surface area contributed by atoms with E-state index in [4.69, 9.17) is 4.74 Å².